The highest BCUT2D eigenvalue weighted by molar-refractivity contribution is 5.92. The van der Waals surface area contributed by atoms with Crippen LogP contribution in [0.5, 0.6) is 0 Å². The maximum absolute atomic E-state index is 11.7. The fourth-order valence-electron chi connectivity index (χ4n) is 2.41. The van der Waals surface area contributed by atoms with Crippen LogP contribution in [-0.4, -0.2) is 24.7 Å². The summed E-state index contributed by atoms with van der Waals surface area (Å²) >= 11 is 0. The average molecular weight is 259 g/mol. The van der Waals surface area contributed by atoms with Crippen LogP contribution < -0.4 is 5.32 Å². The molecule has 2 rings (SSSR count). The molecule has 3 nitrogen and oxygen atoms in total. The van der Waals surface area contributed by atoms with E-state index >= 15 is 0 Å². The molecular weight excluding hydrogens is 238 g/mol. The van der Waals surface area contributed by atoms with Crippen molar-refractivity contribution in [2.45, 2.75) is 32.7 Å². The lowest BCUT2D eigenvalue weighted by atomic mass is 9.92. The third kappa shape index (κ3) is 3.44. The van der Waals surface area contributed by atoms with Crippen molar-refractivity contribution in [3.8, 4) is 0 Å². The molecule has 102 valence electrons. The fourth-order valence-corrected chi connectivity index (χ4v) is 2.41. The van der Waals surface area contributed by atoms with Crippen LogP contribution in [0.25, 0.3) is 5.57 Å². The van der Waals surface area contributed by atoms with Gasteiger partial charge in [-0.05, 0) is 43.9 Å². The van der Waals surface area contributed by atoms with Gasteiger partial charge in [-0.3, -0.25) is 0 Å². The van der Waals surface area contributed by atoms with E-state index in [1.54, 1.807) is 6.08 Å². The SMILES string of the molecule is CCOC(=O)/C=C1\CNC(C)(C)Cc2ccccc21. The third-order valence-electron chi connectivity index (χ3n) is 3.33. The topological polar surface area (TPSA) is 38.3 Å². The highest BCUT2D eigenvalue weighted by atomic mass is 16.5. The maximum Gasteiger partial charge on any atom is 0.331 e. The summed E-state index contributed by atoms with van der Waals surface area (Å²) in [7, 11) is 0. The lowest BCUT2D eigenvalue weighted by Gasteiger charge is -2.23. The average Bonchev–Trinajstić information content (AvgIpc) is 2.47. The van der Waals surface area contributed by atoms with Crippen molar-refractivity contribution < 1.29 is 9.53 Å². The van der Waals surface area contributed by atoms with Gasteiger partial charge in [-0.15, -0.1) is 0 Å². The van der Waals surface area contributed by atoms with Gasteiger partial charge >= 0.3 is 5.97 Å². The van der Waals surface area contributed by atoms with Gasteiger partial charge < -0.3 is 10.1 Å². The molecule has 0 spiro atoms. The molecular formula is C16H21NO2. The zero-order valence-corrected chi connectivity index (χ0v) is 11.8. The van der Waals surface area contributed by atoms with Crippen molar-refractivity contribution in [3.63, 3.8) is 0 Å². The van der Waals surface area contributed by atoms with Crippen LogP contribution in [0.1, 0.15) is 31.9 Å². The minimum atomic E-state index is -0.270. The van der Waals surface area contributed by atoms with Crippen LogP contribution in [0.15, 0.2) is 30.3 Å². The second-order valence-electron chi connectivity index (χ2n) is 5.49. The fraction of sp³-hybridized carbons (Fsp3) is 0.438. The molecule has 0 saturated carbocycles. The molecule has 0 amide bonds. The van der Waals surface area contributed by atoms with Gasteiger partial charge in [-0.1, -0.05) is 24.3 Å². The van der Waals surface area contributed by atoms with Crippen molar-refractivity contribution in [2.75, 3.05) is 13.2 Å². The Balaban J connectivity index is 2.38. The minimum Gasteiger partial charge on any atom is -0.463 e. The molecule has 1 N–H and O–H groups in total. The van der Waals surface area contributed by atoms with E-state index < -0.39 is 0 Å². The Labute approximate surface area is 114 Å². The van der Waals surface area contributed by atoms with Crippen molar-refractivity contribution in [2.24, 2.45) is 0 Å². The number of rotatable bonds is 2. The second-order valence-corrected chi connectivity index (χ2v) is 5.49. The molecule has 0 fully saturated rings. The van der Waals surface area contributed by atoms with Crippen molar-refractivity contribution >= 4 is 11.5 Å². The molecule has 3 heteroatoms. The summed E-state index contributed by atoms with van der Waals surface area (Å²) in [6.07, 6.45) is 2.56. The van der Waals surface area contributed by atoms with Crippen LogP contribution in [-0.2, 0) is 16.0 Å². The highest BCUT2D eigenvalue weighted by Gasteiger charge is 2.24. The molecule has 0 atom stereocenters. The summed E-state index contributed by atoms with van der Waals surface area (Å²) in [5, 5.41) is 3.49. The molecule has 1 heterocycles. The van der Waals surface area contributed by atoms with Gasteiger partial charge in [-0.25, -0.2) is 4.79 Å². The monoisotopic (exact) mass is 259 g/mol. The van der Waals surface area contributed by atoms with E-state index in [1.807, 2.05) is 19.1 Å². The highest BCUT2D eigenvalue weighted by Crippen LogP contribution is 2.27. The molecule has 19 heavy (non-hydrogen) atoms. The standard InChI is InChI=1S/C16H21NO2/c1-4-19-15(18)9-13-11-17-16(2,3)10-12-7-5-6-8-14(12)13/h5-9,17H,4,10-11H2,1-3H3/b13-9+. The zero-order chi connectivity index (χ0) is 13.9. The van der Waals surface area contributed by atoms with Gasteiger partial charge in [0, 0.05) is 18.2 Å². The molecule has 0 saturated heterocycles. The van der Waals surface area contributed by atoms with E-state index in [0.29, 0.717) is 13.2 Å². The number of carbonyl (C=O) groups excluding carboxylic acids is 1. The molecule has 0 unspecified atom stereocenters. The van der Waals surface area contributed by atoms with Crippen LogP contribution in [0.2, 0.25) is 0 Å². The number of esters is 1. The molecule has 1 aliphatic heterocycles. The molecule has 1 aromatic rings. The summed E-state index contributed by atoms with van der Waals surface area (Å²) in [6.45, 7) is 7.26. The number of hydrogen-bond acceptors (Lipinski definition) is 3. The normalized spacial score (nSPS) is 19.6. The van der Waals surface area contributed by atoms with Crippen molar-refractivity contribution in [3.05, 3.63) is 41.5 Å². The van der Waals surface area contributed by atoms with Crippen LogP contribution in [0.4, 0.5) is 0 Å². The molecule has 0 bridgehead atoms. The Hall–Kier alpha value is -1.61. The van der Waals surface area contributed by atoms with E-state index in [9.17, 15) is 4.79 Å². The Morgan fingerprint density at radius 2 is 2.16 bits per heavy atom. The Morgan fingerprint density at radius 3 is 2.89 bits per heavy atom. The summed E-state index contributed by atoms with van der Waals surface area (Å²) in [5.41, 5.74) is 3.45. The number of carbonyl (C=O) groups is 1. The van der Waals surface area contributed by atoms with E-state index in [4.69, 9.17) is 4.74 Å². The number of ether oxygens (including phenoxy) is 1. The summed E-state index contributed by atoms with van der Waals surface area (Å²) in [6, 6.07) is 8.25. The van der Waals surface area contributed by atoms with Gasteiger partial charge in [-0.2, -0.15) is 0 Å². The predicted molar refractivity (Wildman–Crippen MR) is 76.8 cm³/mol. The van der Waals surface area contributed by atoms with E-state index in [0.717, 1.165) is 17.6 Å². The molecule has 0 aliphatic carbocycles. The second kappa shape index (κ2) is 5.57. The van der Waals surface area contributed by atoms with E-state index in [1.165, 1.54) is 5.56 Å². The minimum absolute atomic E-state index is 0.0281. The number of hydrogen-bond donors (Lipinski definition) is 1. The third-order valence-corrected chi connectivity index (χ3v) is 3.33. The van der Waals surface area contributed by atoms with Gasteiger partial charge in [0.1, 0.15) is 0 Å². The van der Waals surface area contributed by atoms with E-state index in [-0.39, 0.29) is 11.5 Å². The van der Waals surface area contributed by atoms with Crippen LogP contribution in [0, 0.1) is 0 Å². The number of benzene rings is 1. The van der Waals surface area contributed by atoms with Gasteiger partial charge in [0.2, 0.25) is 0 Å². The smallest absolute Gasteiger partial charge is 0.331 e. The first-order valence-electron chi connectivity index (χ1n) is 6.72. The summed E-state index contributed by atoms with van der Waals surface area (Å²) in [5.74, 6) is -0.270. The first-order valence-corrected chi connectivity index (χ1v) is 6.72. The molecule has 1 aliphatic rings. The van der Waals surface area contributed by atoms with Gasteiger partial charge in [0.15, 0.2) is 0 Å². The Kier molecular flexibility index (Phi) is 4.05. The van der Waals surface area contributed by atoms with Gasteiger partial charge in [0.05, 0.1) is 6.61 Å². The van der Waals surface area contributed by atoms with Crippen LogP contribution >= 0.6 is 0 Å². The summed E-state index contributed by atoms with van der Waals surface area (Å²) < 4.78 is 5.01. The Bertz CT molecular complexity index is 503. The molecule has 1 aromatic carbocycles. The number of fused-ring (bicyclic) bond motifs is 1. The largest absolute Gasteiger partial charge is 0.463 e. The molecule has 0 aromatic heterocycles. The lowest BCUT2D eigenvalue weighted by Crippen LogP contribution is -2.40. The summed E-state index contributed by atoms with van der Waals surface area (Å²) in [4.78, 5) is 11.7. The quantitative estimate of drug-likeness (QED) is 0.655. The van der Waals surface area contributed by atoms with Crippen molar-refractivity contribution in [1.82, 2.24) is 5.32 Å². The van der Waals surface area contributed by atoms with E-state index in [2.05, 4.69) is 31.3 Å². The maximum atomic E-state index is 11.7. The van der Waals surface area contributed by atoms with Crippen LogP contribution in [0.3, 0.4) is 0 Å². The van der Waals surface area contributed by atoms with Crippen molar-refractivity contribution in [1.29, 1.82) is 0 Å². The number of nitrogens with one attached hydrogen (secondary N) is 1. The zero-order valence-electron chi connectivity index (χ0n) is 11.8. The Morgan fingerprint density at radius 1 is 1.42 bits per heavy atom. The lowest BCUT2D eigenvalue weighted by molar-refractivity contribution is -0.137. The molecule has 0 radical (unpaired) electrons. The predicted octanol–water partition coefficient (Wildman–Crippen LogP) is 2.56. The first-order chi connectivity index (χ1) is 9.02. The van der Waals surface area contributed by atoms with Gasteiger partial charge in [0.25, 0.3) is 0 Å². The first kappa shape index (κ1) is 13.8.